The van der Waals surface area contributed by atoms with Crippen molar-refractivity contribution in [2.24, 2.45) is 4.99 Å². The Balaban J connectivity index is 1.61. The van der Waals surface area contributed by atoms with Crippen LogP contribution < -0.4 is 15.9 Å². The molecule has 2 N–H and O–H groups in total. The van der Waals surface area contributed by atoms with E-state index in [1.165, 1.54) is 17.2 Å². The van der Waals surface area contributed by atoms with E-state index in [0.29, 0.717) is 11.3 Å². The highest BCUT2D eigenvalue weighted by molar-refractivity contribution is 6.45. The smallest absolute Gasteiger partial charge is 0.350 e. The van der Waals surface area contributed by atoms with Crippen LogP contribution in [0.15, 0.2) is 102 Å². The van der Waals surface area contributed by atoms with E-state index in [9.17, 15) is 18.8 Å². The van der Waals surface area contributed by atoms with Crippen molar-refractivity contribution in [1.29, 1.82) is 0 Å². The zero-order chi connectivity index (χ0) is 24.6. The van der Waals surface area contributed by atoms with Gasteiger partial charge in [-0.3, -0.25) is 9.59 Å². The molecule has 4 rings (SSSR count). The second-order valence-corrected chi connectivity index (χ2v) is 7.45. The Labute approximate surface area is 200 Å². The molecule has 0 aliphatic carbocycles. The minimum atomic E-state index is -0.757. The van der Waals surface area contributed by atoms with Crippen LogP contribution in [0, 0.1) is 5.82 Å². The number of nitrogens with one attached hydrogen (secondary N) is 2. The molecule has 0 spiro atoms. The lowest BCUT2D eigenvalue weighted by molar-refractivity contribution is -0.140. The summed E-state index contributed by atoms with van der Waals surface area (Å²) in [5.41, 5.74) is 3.41. The van der Waals surface area contributed by atoms with Gasteiger partial charge in [0.25, 0.3) is 11.8 Å². The number of rotatable bonds is 7. The molecule has 2 amide bonds. The fourth-order valence-electron chi connectivity index (χ4n) is 3.31. The summed E-state index contributed by atoms with van der Waals surface area (Å²) in [5, 5.41) is 3.97. The number of hydrogen-bond acceptors (Lipinski definition) is 6. The standard InChI is InChI=1S/C26H21FN4O4/c27-21-14-8-7-9-18(21)15-16-28-25(33)22(29-24(32)19-10-3-1-4-11-19)17-23-26(34)35-30-31(23)20-12-5-2-6-13-20/h1-14,17,30H,15-16H2,(H,28,33)/b23-17+,29-22?. The number of para-hydroxylation sites is 1. The summed E-state index contributed by atoms with van der Waals surface area (Å²) in [4.78, 5) is 47.0. The molecule has 8 nitrogen and oxygen atoms in total. The fourth-order valence-corrected chi connectivity index (χ4v) is 3.31. The minimum Gasteiger partial charge on any atom is -0.350 e. The van der Waals surface area contributed by atoms with Gasteiger partial charge in [-0.25, -0.2) is 19.2 Å². The molecule has 0 saturated carbocycles. The van der Waals surface area contributed by atoms with Gasteiger partial charge in [0, 0.05) is 18.2 Å². The highest BCUT2D eigenvalue weighted by atomic mass is 19.1. The summed E-state index contributed by atoms with van der Waals surface area (Å²) in [7, 11) is 0. The molecule has 35 heavy (non-hydrogen) atoms. The van der Waals surface area contributed by atoms with Crippen molar-refractivity contribution in [3.63, 3.8) is 0 Å². The number of nitrogens with zero attached hydrogens (tertiary/aromatic N) is 2. The van der Waals surface area contributed by atoms with E-state index in [2.05, 4.69) is 15.9 Å². The van der Waals surface area contributed by atoms with Gasteiger partial charge in [-0.05, 0) is 42.3 Å². The van der Waals surface area contributed by atoms with E-state index >= 15 is 0 Å². The summed E-state index contributed by atoms with van der Waals surface area (Å²) in [6.07, 6.45) is 1.41. The predicted molar refractivity (Wildman–Crippen MR) is 128 cm³/mol. The summed E-state index contributed by atoms with van der Waals surface area (Å²) < 4.78 is 13.9. The Hall–Kier alpha value is -4.63. The van der Waals surface area contributed by atoms with Gasteiger partial charge in [-0.1, -0.05) is 60.2 Å². The number of halogens is 1. The van der Waals surface area contributed by atoms with Crippen molar-refractivity contribution in [2.45, 2.75) is 6.42 Å². The van der Waals surface area contributed by atoms with E-state index in [-0.39, 0.29) is 35.8 Å². The summed E-state index contributed by atoms with van der Waals surface area (Å²) in [6.45, 7) is 0.0899. The first-order chi connectivity index (χ1) is 17.0. The molecule has 1 heterocycles. The Morgan fingerprint density at radius 2 is 1.63 bits per heavy atom. The molecule has 3 aromatic carbocycles. The van der Waals surface area contributed by atoms with Crippen molar-refractivity contribution in [1.82, 2.24) is 10.9 Å². The average Bonchev–Trinajstić information content (AvgIpc) is 3.25. The average molecular weight is 472 g/mol. The largest absolute Gasteiger partial charge is 0.376 e. The van der Waals surface area contributed by atoms with E-state index in [1.807, 2.05) is 0 Å². The van der Waals surface area contributed by atoms with Crippen LogP contribution in [0.3, 0.4) is 0 Å². The van der Waals surface area contributed by atoms with Gasteiger partial charge in [-0.2, -0.15) is 0 Å². The molecule has 176 valence electrons. The lowest BCUT2D eigenvalue weighted by Gasteiger charge is -2.15. The number of hydrogen-bond donors (Lipinski definition) is 2. The zero-order valence-corrected chi connectivity index (χ0v) is 18.5. The van der Waals surface area contributed by atoms with Gasteiger partial charge in [0.05, 0.1) is 5.69 Å². The number of benzene rings is 3. The molecular weight excluding hydrogens is 451 g/mol. The molecule has 0 bridgehead atoms. The van der Waals surface area contributed by atoms with Crippen LogP contribution in [0.1, 0.15) is 15.9 Å². The van der Waals surface area contributed by atoms with Crippen molar-refractivity contribution in [2.75, 3.05) is 11.6 Å². The molecule has 0 atom stereocenters. The van der Waals surface area contributed by atoms with Crippen molar-refractivity contribution in [3.8, 4) is 0 Å². The molecule has 0 aromatic heterocycles. The molecule has 1 aliphatic rings. The van der Waals surface area contributed by atoms with Crippen LogP contribution in [-0.2, 0) is 20.8 Å². The van der Waals surface area contributed by atoms with E-state index in [4.69, 9.17) is 4.84 Å². The molecule has 1 saturated heterocycles. The molecule has 1 aliphatic heterocycles. The Kier molecular flexibility index (Phi) is 7.39. The second kappa shape index (κ2) is 11.0. The highest BCUT2D eigenvalue weighted by Gasteiger charge is 2.30. The summed E-state index contributed by atoms with van der Waals surface area (Å²) in [6, 6.07) is 23.2. The lowest BCUT2D eigenvalue weighted by atomic mass is 10.1. The molecule has 9 heteroatoms. The highest BCUT2D eigenvalue weighted by Crippen LogP contribution is 2.21. The summed E-state index contributed by atoms with van der Waals surface area (Å²) >= 11 is 0. The molecular formula is C26H21FN4O4. The van der Waals surface area contributed by atoms with Crippen LogP contribution in [0.5, 0.6) is 0 Å². The Morgan fingerprint density at radius 3 is 2.34 bits per heavy atom. The van der Waals surface area contributed by atoms with Crippen molar-refractivity contribution in [3.05, 3.63) is 114 Å². The van der Waals surface area contributed by atoms with Gasteiger partial charge < -0.3 is 10.2 Å². The van der Waals surface area contributed by atoms with Gasteiger partial charge in [0.1, 0.15) is 11.5 Å². The molecule has 0 unspecified atom stereocenters. The maximum atomic E-state index is 13.9. The van der Waals surface area contributed by atoms with Gasteiger partial charge in [-0.15, -0.1) is 0 Å². The number of amides is 2. The maximum Gasteiger partial charge on any atom is 0.376 e. The van der Waals surface area contributed by atoms with Gasteiger partial charge >= 0.3 is 5.97 Å². The van der Waals surface area contributed by atoms with Crippen LogP contribution in [0.2, 0.25) is 0 Å². The topological polar surface area (TPSA) is 100 Å². The van der Waals surface area contributed by atoms with Crippen LogP contribution in [0.25, 0.3) is 0 Å². The van der Waals surface area contributed by atoms with Gasteiger partial charge in [0.2, 0.25) is 0 Å². The predicted octanol–water partition coefficient (Wildman–Crippen LogP) is 3.13. The quantitative estimate of drug-likeness (QED) is 0.405. The summed E-state index contributed by atoms with van der Waals surface area (Å²) in [5.74, 6) is -2.50. The van der Waals surface area contributed by atoms with E-state index in [1.54, 1.807) is 78.9 Å². The first kappa shape index (κ1) is 23.5. The SMILES string of the molecule is O=C(NCCc1ccccc1F)C(/C=C1\C(=O)ONN1c1ccccc1)=NC(=O)c1ccccc1. The zero-order valence-electron chi connectivity index (χ0n) is 18.5. The maximum absolute atomic E-state index is 13.9. The number of carbonyl (C=O) groups excluding carboxylic acids is 3. The normalized spacial score (nSPS) is 14.7. The third-order valence-electron chi connectivity index (χ3n) is 5.08. The number of anilines is 1. The van der Waals surface area contributed by atoms with Crippen LogP contribution >= 0.6 is 0 Å². The molecule has 3 aromatic rings. The van der Waals surface area contributed by atoms with E-state index in [0.717, 1.165) is 0 Å². The first-order valence-electron chi connectivity index (χ1n) is 10.8. The number of aliphatic imine (C=N–C) groups is 1. The first-order valence-corrected chi connectivity index (χ1v) is 10.8. The van der Waals surface area contributed by atoms with Gasteiger partial charge in [0.15, 0.2) is 5.70 Å². The van der Waals surface area contributed by atoms with Crippen LogP contribution in [-0.4, -0.2) is 30.0 Å². The fraction of sp³-hybridized carbons (Fsp3) is 0.0769. The second-order valence-electron chi connectivity index (χ2n) is 7.45. The Bertz CT molecular complexity index is 1290. The minimum absolute atomic E-state index is 0.0416. The molecule has 1 fully saturated rings. The molecule has 0 radical (unpaired) electrons. The van der Waals surface area contributed by atoms with E-state index < -0.39 is 17.8 Å². The number of carbonyl (C=O) groups is 3. The third-order valence-corrected chi connectivity index (χ3v) is 5.08. The lowest BCUT2D eigenvalue weighted by Crippen LogP contribution is -2.34. The van der Waals surface area contributed by atoms with Crippen molar-refractivity contribution < 1.29 is 23.6 Å². The Morgan fingerprint density at radius 1 is 0.971 bits per heavy atom. The monoisotopic (exact) mass is 472 g/mol. The van der Waals surface area contributed by atoms with Crippen molar-refractivity contribution >= 4 is 29.2 Å². The number of hydrazine groups is 1. The third kappa shape index (κ3) is 5.84. The van der Waals surface area contributed by atoms with Crippen LogP contribution in [0.4, 0.5) is 10.1 Å².